The molecule has 3 aromatic carbocycles. The van der Waals surface area contributed by atoms with Gasteiger partial charge in [0.05, 0.1) is 5.56 Å². The van der Waals surface area contributed by atoms with E-state index in [1.165, 1.54) is 0 Å². The zero-order valence-electron chi connectivity index (χ0n) is 11.6. The van der Waals surface area contributed by atoms with Gasteiger partial charge in [-0.2, -0.15) is 5.26 Å². The summed E-state index contributed by atoms with van der Waals surface area (Å²) in [5, 5.41) is 11.1. The second-order valence-corrected chi connectivity index (χ2v) is 4.86. The van der Waals surface area contributed by atoms with Crippen molar-refractivity contribution in [3.05, 3.63) is 65.7 Å². The highest BCUT2D eigenvalue weighted by Gasteiger charge is 2.11. The van der Waals surface area contributed by atoms with Crippen molar-refractivity contribution < 1.29 is 4.74 Å². The van der Waals surface area contributed by atoms with Gasteiger partial charge in [-0.05, 0) is 30.7 Å². The second kappa shape index (κ2) is 5.18. The van der Waals surface area contributed by atoms with E-state index in [0.717, 1.165) is 16.3 Å². The zero-order chi connectivity index (χ0) is 14.8. The molecule has 3 aromatic rings. The summed E-state index contributed by atoms with van der Waals surface area (Å²) in [5.74, 6) is 1.29. The average Bonchev–Trinajstić information content (AvgIpc) is 2.52. The van der Waals surface area contributed by atoms with E-state index in [-0.39, 0.29) is 0 Å². The Morgan fingerprint density at radius 1 is 0.952 bits per heavy atom. The number of ether oxygens (including phenoxy) is 1. The molecule has 0 aliphatic heterocycles. The summed E-state index contributed by atoms with van der Waals surface area (Å²) in [6.07, 6.45) is 0. The van der Waals surface area contributed by atoms with E-state index in [1.54, 1.807) is 6.07 Å². The molecule has 0 aliphatic rings. The molecule has 0 unspecified atom stereocenters. The maximum Gasteiger partial charge on any atom is 0.148 e. The summed E-state index contributed by atoms with van der Waals surface area (Å²) in [7, 11) is 0. The Balaban J connectivity index is 2.16. The zero-order valence-corrected chi connectivity index (χ0v) is 11.6. The molecule has 0 amide bonds. The predicted molar refractivity (Wildman–Crippen MR) is 84.3 cm³/mol. The van der Waals surface area contributed by atoms with E-state index < -0.39 is 0 Å². The van der Waals surface area contributed by atoms with Crippen molar-refractivity contribution in [1.82, 2.24) is 0 Å². The minimum Gasteiger partial charge on any atom is -0.455 e. The van der Waals surface area contributed by atoms with Crippen LogP contribution in [0.15, 0.2) is 54.6 Å². The van der Waals surface area contributed by atoms with Gasteiger partial charge in [0, 0.05) is 16.5 Å². The number of aryl methyl sites for hydroxylation is 1. The highest BCUT2D eigenvalue weighted by Crippen LogP contribution is 2.35. The summed E-state index contributed by atoms with van der Waals surface area (Å²) in [4.78, 5) is 0. The first kappa shape index (κ1) is 13.0. The Morgan fingerprint density at radius 2 is 1.71 bits per heavy atom. The third-order valence-corrected chi connectivity index (χ3v) is 3.46. The number of para-hydroxylation sites is 1. The van der Waals surface area contributed by atoms with Crippen LogP contribution in [-0.2, 0) is 0 Å². The van der Waals surface area contributed by atoms with Crippen molar-refractivity contribution in [2.75, 3.05) is 5.73 Å². The van der Waals surface area contributed by atoms with Crippen LogP contribution in [0.5, 0.6) is 11.5 Å². The third-order valence-electron chi connectivity index (χ3n) is 3.46. The summed E-state index contributed by atoms with van der Waals surface area (Å²) in [5.41, 5.74) is 8.16. The van der Waals surface area contributed by atoms with Crippen LogP contribution in [0.1, 0.15) is 11.1 Å². The molecular formula is C18H14N2O. The van der Waals surface area contributed by atoms with Crippen LogP contribution in [0, 0.1) is 18.3 Å². The molecule has 0 aliphatic carbocycles. The van der Waals surface area contributed by atoms with E-state index in [0.29, 0.717) is 22.7 Å². The van der Waals surface area contributed by atoms with Crippen LogP contribution in [0.4, 0.5) is 5.69 Å². The molecule has 0 aromatic heterocycles. The maximum atomic E-state index is 9.23. The number of nitrogen functional groups attached to an aromatic ring is 1. The van der Waals surface area contributed by atoms with Crippen molar-refractivity contribution in [2.45, 2.75) is 6.92 Å². The van der Waals surface area contributed by atoms with Gasteiger partial charge in [-0.15, -0.1) is 0 Å². The molecule has 0 fully saturated rings. The second-order valence-electron chi connectivity index (χ2n) is 4.86. The maximum absolute atomic E-state index is 9.23. The van der Waals surface area contributed by atoms with E-state index in [1.807, 2.05) is 55.5 Å². The SMILES string of the molecule is Cc1cccc(C#N)c1Oc1ccc(N)c2ccccc12. The van der Waals surface area contributed by atoms with Gasteiger partial charge in [0.2, 0.25) is 0 Å². The van der Waals surface area contributed by atoms with Crippen molar-refractivity contribution in [3.63, 3.8) is 0 Å². The van der Waals surface area contributed by atoms with Gasteiger partial charge in [0.1, 0.15) is 17.6 Å². The fourth-order valence-electron chi connectivity index (χ4n) is 2.37. The molecule has 21 heavy (non-hydrogen) atoms. The lowest BCUT2D eigenvalue weighted by molar-refractivity contribution is 0.483. The standard InChI is InChI=1S/C18H14N2O/c1-12-5-4-6-13(11-19)18(12)21-17-10-9-16(20)14-7-2-3-8-15(14)17/h2-10H,20H2,1H3. The van der Waals surface area contributed by atoms with Crippen LogP contribution < -0.4 is 10.5 Å². The molecule has 3 heteroatoms. The number of nitriles is 1. The van der Waals surface area contributed by atoms with Crippen LogP contribution in [0.25, 0.3) is 10.8 Å². The smallest absolute Gasteiger partial charge is 0.148 e. The molecule has 0 heterocycles. The van der Waals surface area contributed by atoms with E-state index in [4.69, 9.17) is 10.5 Å². The van der Waals surface area contributed by atoms with Crippen molar-refractivity contribution in [1.29, 1.82) is 5.26 Å². The van der Waals surface area contributed by atoms with Crippen LogP contribution in [0.3, 0.4) is 0 Å². The molecule has 2 N–H and O–H groups in total. The number of hydrogen-bond acceptors (Lipinski definition) is 3. The first-order chi connectivity index (χ1) is 10.2. The van der Waals surface area contributed by atoms with Crippen LogP contribution in [0.2, 0.25) is 0 Å². The van der Waals surface area contributed by atoms with Gasteiger partial charge in [0.25, 0.3) is 0 Å². The first-order valence-corrected chi connectivity index (χ1v) is 6.65. The number of hydrogen-bond donors (Lipinski definition) is 1. The summed E-state index contributed by atoms with van der Waals surface area (Å²) in [6.45, 7) is 1.93. The number of rotatable bonds is 2. The molecule has 3 nitrogen and oxygen atoms in total. The van der Waals surface area contributed by atoms with Gasteiger partial charge in [-0.1, -0.05) is 36.4 Å². The van der Waals surface area contributed by atoms with Crippen molar-refractivity contribution in [2.24, 2.45) is 0 Å². The fourth-order valence-corrected chi connectivity index (χ4v) is 2.37. The highest BCUT2D eigenvalue weighted by molar-refractivity contribution is 5.97. The summed E-state index contributed by atoms with van der Waals surface area (Å²) < 4.78 is 6.02. The third kappa shape index (κ3) is 2.28. The minimum absolute atomic E-state index is 0.524. The molecule has 0 saturated carbocycles. The number of nitrogens with zero attached hydrogens (tertiary/aromatic N) is 1. The molecular weight excluding hydrogens is 260 g/mol. The molecule has 0 saturated heterocycles. The Hall–Kier alpha value is -2.99. The van der Waals surface area contributed by atoms with E-state index >= 15 is 0 Å². The molecule has 0 bridgehead atoms. The minimum atomic E-state index is 0.524. The average molecular weight is 274 g/mol. The van der Waals surface area contributed by atoms with Crippen molar-refractivity contribution >= 4 is 16.5 Å². The van der Waals surface area contributed by atoms with Gasteiger partial charge in [-0.25, -0.2) is 0 Å². The monoisotopic (exact) mass is 274 g/mol. The van der Waals surface area contributed by atoms with Gasteiger partial charge in [0.15, 0.2) is 0 Å². The normalized spacial score (nSPS) is 10.3. The van der Waals surface area contributed by atoms with Crippen LogP contribution in [-0.4, -0.2) is 0 Å². The van der Waals surface area contributed by atoms with Gasteiger partial charge < -0.3 is 10.5 Å². The van der Waals surface area contributed by atoms with Crippen LogP contribution >= 0.6 is 0 Å². The number of nitrogens with two attached hydrogens (primary N) is 1. The Morgan fingerprint density at radius 3 is 2.48 bits per heavy atom. The molecule has 0 spiro atoms. The lowest BCUT2D eigenvalue weighted by atomic mass is 10.1. The largest absolute Gasteiger partial charge is 0.455 e. The van der Waals surface area contributed by atoms with Gasteiger partial charge >= 0.3 is 0 Å². The van der Waals surface area contributed by atoms with E-state index in [2.05, 4.69) is 6.07 Å². The van der Waals surface area contributed by atoms with E-state index in [9.17, 15) is 5.26 Å². The molecule has 3 rings (SSSR count). The summed E-state index contributed by atoms with van der Waals surface area (Å²) >= 11 is 0. The molecule has 0 radical (unpaired) electrons. The van der Waals surface area contributed by atoms with Gasteiger partial charge in [-0.3, -0.25) is 0 Å². The lowest BCUT2D eigenvalue weighted by Crippen LogP contribution is -1.94. The predicted octanol–water partition coefficient (Wildman–Crippen LogP) is 4.39. The summed E-state index contributed by atoms with van der Waals surface area (Å²) in [6, 6.07) is 19.2. The first-order valence-electron chi connectivity index (χ1n) is 6.65. The lowest BCUT2D eigenvalue weighted by Gasteiger charge is -2.13. The fraction of sp³-hybridized carbons (Fsp3) is 0.0556. The Kier molecular flexibility index (Phi) is 3.21. The number of fused-ring (bicyclic) bond motifs is 1. The number of benzene rings is 3. The van der Waals surface area contributed by atoms with Crippen molar-refractivity contribution in [3.8, 4) is 17.6 Å². The topological polar surface area (TPSA) is 59.0 Å². The Labute approximate surface area is 123 Å². The quantitative estimate of drug-likeness (QED) is 0.705. The number of anilines is 1. The molecule has 102 valence electrons. The highest BCUT2D eigenvalue weighted by atomic mass is 16.5. The Bertz CT molecular complexity index is 863. The molecule has 0 atom stereocenters.